The van der Waals surface area contributed by atoms with Gasteiger partial charge < -0.3 is 18.3 Å². The number of aromatic nitrogens is 1. The van der Waals surface area contributed by atoms with Gasteiger partial charge in [-0.2, -0.15) is 0 Å². The molecule has 5 heteroatoms. The predicted molar refractivity (Wildman–Crippen MR) is 248 cm³/mol. The van der Waals surface area contributed by atoms with Crippen LogP contribution in [0.1, 0.15) is 0 Å². The molecule has 276 valence electrons. The lowest BCUT2D eigenvalue weighted by atomic mass is 9.93. The van der Waals surface area contributed by atoms with Gasteiger partial charge in [-0.3, -0.25) is 0 Å². The van der Waals surface area contributed by atoms with Crippen molar-refractivity contribution in [1.29, 1.82) is 0 Å². The molecule has 0 aliphatic carbocycles. The zero-order chi connectivity index (χ0) is 38.6. The number of hydrogen-bond donors (Lipinski definition) is 0. The Hall–Kier alpha value is -7.60. The number of hydrogen-bond acceptors (Lipinski definition) is 4. The lowest BCUT2D eigenvalue weighted by molar-refractivity contribution is 0.669. The van der Waals surface area contributed by atoms with E-state index in [1.807, 2.05) is 23.5 Å². The molecule has 0 N–H and O–H groups in total. The summed E-state index contributed by atoms with van der Waals surface area (Å²) in [7, 11) is 0. The highest BCUT2D eigenvalue weighted by Gasteiger charge is 2.25. The number of rotatable bonds is 5. The second kappa shape index (κ2) is 12.4. The maximum Gasteiger partial charge on any atom is 0.143 e. The summed E-state index contributed by atoms with van der Waals surface area (Å²) in [6.07, 6.45) is 0. The number of para-hydroxylation sites is 5. The summed E-state index contributed by atoms with van der Waals surface area (Å²) >= 11 is 1.85. The Bertz CT molecular complexity index is 3790. The van der Waals surface area contributed by atoms with Gasteiger partial charge in [-0.15, -0.1) is 11.3 Å². The number of fused-ring (bicyclic) bond motifs is 12. The van der Waals surface area contributed by atoms with Gasteiger partial charge in [-0.1, -0.05) is 115 Å². The van der Waals surface area contributed by atoms with Gasteiger partial charge in [0.05, 0.1) is 16.7 Å². The zero-order valence-corrected chi connectivity index (χ0v) is 32.4. The zero-order valence-electron chi connectivity index (χ0n) is 31.6. The first-order valence-electron chi connectivity index (χ1n) is 19.9. The Morgan fingerprint density at radius 1 is 0.407 bits per heavy atom. The second-order valence-corrected chi connectivity index (χ2v) is 16.3. The third-order valence-corrected chi connectivity index (χ3v) is 13.1. The standard InChI is InChI=1S/C54H32N2O2S/c1-2-14-33(15-3-1)55(43-23-13-27-49-50(43)40-19-7-11-26-48(40)59-49)34-28-30-35(31-29-34)56-42-22-8-4-17-38(42)51-44(56)32-47-52(39-18-6-10-25-46(39)57-47)53(51)41-21-12-20-37-36-16-5-9-24-45(36)58-54(37)41/h1-32H. The number of anilines is 3. The largest absolute Gasteiger partial charge is 0.456 e. The summed E-state index contributed by atoms with van der Waals surface area (Å²) in [5.74, 6) is 0. The van der Waals surface area contributed by atoms with Gasteiger partial charge in [0, 0.05) is 86.7 Å². The Labute approximate surface area is 342 Å². The van der Waals surface area contributed by atoms with Crippen LogP contribution < -0.4 is 4.90 Å². The van der Waals surface area contributed by atoms with Gasteiger partial charge in [0.1, 0.15) is 22.3 Å². The number of nitrogens with zero attached hydrogens (tertiary/aromatic N) is 2. The quantitative estimate of drug-likeness (QED) is 0.175. The smallest absolute Gasteiger partial charge is 0.143 e. The summed E-state index contributed by atoms with van der Waals surface area (Å²) < 4.78 is 18.4. The molecule has 0 saturated carbocycles. The normalized spacial score (nSPS) is 12.1. The van der Waals surface area contributed by atoms with Crippen LogP contribution >= 0.6 is 11.3 Å². The van der Waals surface area contributed by atoms with Crippen molar-refractivity contribution in [3.63, 3.8) is 0 Å². The summed E-state index contributed by atoms with van der Waals surface area (Å²) in [5, 5.41) is 9.27. The average molecular weight is 773 g/mol. The van der Waals surface area contributed by atoms with E-state index in [1.54, 1.807) is 0 Å². The Morgan fingerprint density at radius 3 is 1.90 bits per heavy atom. The minimum Gasteiger partial charge on any atom is -0.456 e. The van der Waals surface area contributed by atoms with Gasteiger partial charge in [0.25, 0.3) is 0 Å². The molecule has 0 atom stereocenters. The fraction of sp³-hybridized carbons (Fsp3) is 0. The van der Waals surface area contributed by atoms with Crippen molar-refractivity contribution < 1.29 is 8.83 Å². The SMILES string of the molecule is c1ccc(N(c2ccc(-n3c4ccccc4c4c(-c5cccc6c5oc5ccccc56)c5c(cc43)oc3ccccc35)cc2)c2cccc3sc4ccccc4c23)cc1. The molecule has 13 aromatic rings. The molecule has 0 amide bonds. The summed E-state index contributed by atoms with van der Waals surface area (Å²) in [6, 6.07) is 69.3. The lowest BCUT2D eigenvalue weighted by Crippen LogP contribution is -2.10. The fourth-order valence-electron chi connectivity index (χ4n) is 9.52. The molecule has 0 aliphatic heterocycles. The Kier molecular flexibility index (Phi) is 6.85. The lowest BCUT2D eigenvalue weighted by Gasteiger charge is -2.26. The minimum atomic E-state index is 0.842. The maximum absolute atomic E-state index is 6.74. The van der Waals surface area contributed by atoms with Crippen molar-refractivity contribution >= 4 is 114 Å². The van der Waals surface area contributed by atoms with Crippen LogP contribution in [-0.4, -0.2) is 4.57 Å². The molecule has 0 bridgehead atoms. The van der Waals surface area contributed by atoms with E-state index in [9.17, 15) is 0 Å². The first-order chi connectivity index (χ1) is 29.3. The van der Waals surface area contributed by atoms with Crippen LogP contribution in [0.2, 0.25) is 0 Å². The van der Waals surface area contributed by atoms with Crippen molar-refractivity contribution in [2.45, 2.75) is 0 Å². The number of benzene rings is 9. The van der Waals surface area contributed by atoms with Crippen molar-refractivity contribution in [3.05, 3.63) is 194 Å². The number of furan rings is 2. The van der Waals surface area contributed by atoms with E-state index in [0.717, 1.165) is 88.8 Å². The van der Waals surface area contributed by atoms with Crippen LogP contribution in [0.25, 0.3) is 103 Å². The van der Waals surface area contributed by atoms with Crippen molar-refractivity contribution in [1.82, 2.24) is 4.57 Å². The monoisotopic (exact) mass is 772 g/mol. The highest BCUT2D eigenvalue weighted by Crippen LogP contribution is 2.49. The molecule has 0 aliphatic rings. The second-order valence-electron chi connectivity index (χ2n) is 15.2. The predicted octanol–water partition coefficient (Wildman–Crippen LogP) is 16.1. The van der Waals surface area contributed by atoms with Crippen LogP contribution in [-0.2, 0) is 0 Å². The van der Waals surface area contributed by atoms with E-state index < -0.39 is 0 Å². The molecule has 0 spiro atoms. The molecule has 0 radical (unpaired) electrons. The minimum absolute atomic E-state index is 0.842. The van der Waals surface area contributed by atoms with Gasteiger partial charge in [0.2, 0.25) is 0 Å². The van der Waals surface area contributed by atoms with Crippen LogP contribution in [0.15, 0.2) is 203 Å². The highest BCUT2D eigenvalue weighted by atomic mass is 32.1. The molecule has 0 unspecified atom stereocenters. The molecule has 4 nitrogen and oxygen atoms in total. The van der Waals surface area contributed by atoms with Gasteiger partial charge >= 0.3 is 0 Å². The maximum atomic E-state index is 6.74. The van der Waals surface area contributed by atoms with Crippen molar-refractivity contribution in [2.24, 2.45) is 0 Å². The van der Waals surface area contributed by atoms with Crippen LogP contribution in [0.4, 0.5) is 17.1 Å². The van der Waals surface area contributed by atoms with Gasteiger partial charge in [0.15, 0.2) is 0 Å². The molecule has 13 rings (SSSR count). The van der Waals surface area contributed by atoms with Gasteiger partial charge in [-0.25, -0.2) is 0 Å². The molecule has 9 aromatic carbocycles. The van der Waals surface area contributed by atoms with E-state index in [4.69, 9.17) is 8.83 Å². The molecule has 4 aromatic heterocycles. The third kappa shape index (κ3) is 4.71. The summed E-state index contributed by atoms with van der Waals surface area (Å²) in [6.45, 7) is 0. The molecular formula is C54H32N2O2S. The van der Waals surface area contributed by atoms with E-state index in [2.05, 4.69) is 191 Å². The third-order valence-electron chi connectivity index (χ3n) is 12.0. The summed E-state index contributed by atoms with van der Waals surface area (Å²) in [5.41, 5.74) is 12.2. The van der Waals surface area contributed by atoms with Crippen LogP contribution in [0, 0.1) is 0 Å². The van der Waals surface area contributed by atoms with Crippen molar-refractivity contribution in [2.75, 3.05) is 4.90 Å². The first kappa shape index (κ1) is 32.5. The molecule has 59 heavy (non-hydrogen) atoms. The van der Waals surface area contributed by atoms with E-state index in [0.29, 0.717) is 0 Å². The first-order valence-corrected chi connectivity index (χ1v) is 20.7. The molecule has 4 heterocycles. The molecule has 0 fully saturated rings. The Morgan fingerprint density at radius 2 is 1.05 bits per heavy atom. The van der Waals surface area contributed by atoms with Crippen LogP contribution in [0.3, 0.4) is 0 Å². The number of thiophene rings is 1. The van der Waals surface area contributed by atoms with Gasteiger partial charge in [-0.05, 0) is 72.8 Å². The van der Waals surface area contributed by atoms with E-state index in [-0.39, 0.29) is 0 Å². The molecule has 0 saturated heterocycles. The van der Waals surface area contributed by atoms with E-state index in [1.165, 1.54) is 30.9 Å². The van der Waals surface area contributed by atoms with Crippen LogP contribution in [0.5, 0.6) is 0 Å². The average Bonchev–Trinajstić information content (AvgIpc) is 4.05. The van der Waals surface area contributed by atoms with Crippen molar-refractivity contribution in [3.8, 4) is 16.8 Å². The topological polar surface area (TPSA) is 34.5 Å². The van der Waals surface area contributed by atoms with E-state index >= 15 is 0 Å². The Balaban J connectivity index is 1.08. The fourth-order valence-corrected chi connectivity index (χ4v) is 10.6. The molecular weight excluding hydrogens is 741 g/mol. The highest BCUT2D eigenvalue weighted by molar-refractivity contribution is 7.26. The summed E-state index contributed by atoms with van der Waals surface area (Å²) in [4.78, 5) is 2.39.